The number of amides is 1. The van der Waals surface area contributed by atoms with Crippen molar-refractivity contribution < 1.29 is 9.53 Å². The molecule has 4 heteroatoms. The SMILES string of the molecule is COc1ccccc1CN(C)C(=O)C1(CN)CCCCC1. The first-order chi connectivity index (χ1) is 10.1. The fourth-order valence-corrected chi connectivity index (χ4v) is 3.30. The second kappa shape index (κ2) is 6.94. The average Bonchev–Trinajstić information content (AvgIpc) is 2.55. The van der Waals surface area contributed by atoms with E-state index in [4.69, 9.17) is 10.5 Å². The summed E-state index contributed by atoms with van der Waals surface area (Å²) < 4.78 is 5.36. The molecule has 0 bridgehead atoms. The van der Waals surface area contributed by atoms with Crippen LogP contribution in [0, 0.1) is 5.41 Å². The van der Waals surface area contributed by atoms with Gasteiger partial charge in [0.2, 0.25) is 5.91 Å². The van der Waals surface area contributed by atoms with Gasteiger partial charge in [0.15, 0.2) is 0 Å². The largest absolute Gasteiger partial charge is 0.496 e. The lowest BCUT2D eigenvalue weighted by atomic mass is 9.73. The van der Waals surface area contributed by atoms with Crippen molar-refractivity contribution in [3.05, 3.63) is 29.8 Å². The van der Waals surface area contributed by atoms with Crippen LogP contribution >= 0.6 is 0 Å². The second-order valence-electron chi connectivity index (χ2n) is 6.02. The van der Waals surface area contributed by atoms with Crippen LogP contribution in [-0.4, -0.2) is 31.5 Å². The minimum atomic E-state index is -0.352. The molecule has 1 fully saturated rings. The lowest BCUT2D eigenvalue weighted by Crippen LogP contribution is -2.47. The summed E-state index contributed by atoms with van der Waals surface area (Å²) in [7, 11) is 3.52. The first-order valence-corrected chi connectivity index (χ1v) is 7.70. The van der Waals surface area contributed by atoms with Crippen LogP contribution in [0.3, 0.4) is 0 Å². The molecule has 21 heavy (non-hydrogen) atoms. The summed E-state index contributed by atoms with van der Waals surface area (Å²) in [5.41, 5.74) is 6.63. The summed E-state index contributed by atoms with van der Waals surface area (Å²) in [6, 6.07) is 7.83. The Hall–Kier alpha value is -1.55. The smallest absolute Gasteiger partial charge is 0.230 e. The quantitative estimate of drug-likeness (QED) is 0.906. The third-order valence-corrected chi connectivity index (χ3v) is 4.60. The first-order valence-electron chi connectivity index (χ1n) is 7.70. The number of ether oxygens (including phenoxy) is 1. The molecule has 1 saturated carbocycles. The molecule has 0 heterocycles. The molecule has 1 amide bonds. The number of nitrogens with zero attached hydrogens (tertiary/aromatic N) is 1. The summed E-state index contributed by atoms with van der Waals surface area (Å²) in [6.45, 7) is 1.01. The van der Waals surface area contributed by atoms with Crippen molar-refractivity contribution in [2.45, 2.75) is 38.6 Å². The molecule has 0 spiro atoms. The van der Waals surface area contributed by atoms with Crippen molar-refractivity contribution in [3.8, 4) is 5.75 Å². The van der Waals surface area contributed by atoms with Gasteiger partial charge in [0.1, 0.15) is 5.75 Å². The molecule has 0 saturated heterocycles. The van der Waals surface area contributed by atoms with Gasteiger partial charge < -0.3 is 15.4 Å². The Bertz CT molecular complexity index is 481. The predicted molar refractivity (Wildman–Crippen MR) is 84.0 cm³/mol. The zero-order valence-electron chi connectivity index (χ0n) is 13.1. The predicted octanol–water partition coefficient (Wildman–Crippen LogP) is 2.56. The molecule has 2 N–H and O–H groups in total. The van der Waals surface area contributed by atoms with Gasteiger partial charge in [-0.05, 0) is 18.9 Å². The van der Waals surface area contributed by atoms with Crippen molar-refractivity contribution >= 4 is 5.91 Å². The van der Waals surface area contributed by atoms with E-state index in [1.165, 1.54) is 6.42 Å². The van der Waals surface area contributed by atoms with E-state index in [0.29, 0.717) is 13.1 Å². The molecule has 0 aliphatic heterocycles. The number of carbonyl (C=O) groups excluding carboxylic acids is 1. The Labute approximate surface area is 127 Å². The summed E-state index contributed by atoms with van der Waals surface area (Å²) >= 11 is 0. The third-order valence-electron chi connectivity index (χ3n) is 4.60. The summed E-state index contributed by atoms with van der Waals surface area (Å²) in [4.78, 5) is 14.7. The molecule has 1 aliphatic carbocycles. The number of benzene rings is 1. The van der Waals surface area contributed by atoms with Crippen molar-refractivity contribution in [2.75, 3.05) is 20.7 Å². The zero-order chi connectivity index (χ0) is 15.3. The Morgan fingerprint density at radius 2 is 1.95 bits per heavy atom. The molecule has 1 aromatic rings. The van der Waals surface area contributed by atoms with Gasteiger partial charge >= 0.3 is 0 Å². The third kappa shape index (κ3) is 3.38. The lowest BCUT2D eigenvalue weighted by molar-refractivity contribution is -0.142. The molecule has 1 aliphatic rings. The number of methoxy groups -OCH3 is 1. The minimum absolute atomic E-state index is 0.176. The average molecular weight is 290 g/mol. The van der Waals surface area contributed by atoms with Gasteiger partial charge in [0.05, 0.1) is 12.5 Å². The Balaban J connectivity index is 2.11. The molecule has 0 unspecified atom stereocenters. The van der Waals surface area contributed by atoms with Gasteiger partial charge in [-0.25, -0.2) is 0 Å². The molecule has 2 rings (SSSR count). The van der Waals surface area contributed by atoms with Gasteiger partial charge in [-0.3, -0.25) is 4.79 Å². The first kappa shape index (κ1) is 15.8. The standard InChI is InChI=1S/C17H26N2O2/c1-19(12-14-8-4-5-9-15(14)21-2)16(20)17(13-18)10-6-3-7-11-17/h4-5,8-9H,3,6-7,10-13,18H2,1-2H3. The van der Waals surface area contributed by atoms with E-state index in [0.717, 1.165) is 37.0 Å². The molecule has 0 atom stereocenters. The number of hydrogen-bond donors (Lipinski definition) is 1. The van der Waals surface area contributed by atoms with Crippen LogP contribution in [0.25, 0.3) is 0 Å². The number of hydrogen-bond acceptors (Lipinski definition) is 3. The van der Waals surface area contributed by atoms with Crippen molar-refractivity contribution in [2.24, 2.45) is 11.1 Å². The number of para-hydroxylation sites is 1. The number of rotatable bonds is 5. The normalized spacial score (nSPS) is 17.3. The molecule has 0 radical (unpaired) electrons. The highest BCUT2D eigenvalue weighted by molar-refractivity contribution is 5.83. The molecule has 1 aromatic carbocycles. The molecular formula is C17H26N2O2. The maximum Gasteiger partial charge on any atom is 0.230 e. The molecule has 0 aromatic heterocycles. The van der Waals surface area contributed by atoms with E-state index in [1.54, 1.807) is 12.0 Å². The van der Waals surface area contributed by atoms with E-state index in [-0.39, 0.29) is 11.3 Å². The highest BCUT2D eigenvalue weighted by Gasteiger charge is 2.39. The summed E-state index contributed by atoms with van der Waals surface area (Å²) in [6.07, 6.45) is 5.25. The zero-order valence-corrected chi connectivity index (χ0v) is 13.1. The van der Waals surface area contributed by atoms with Crippen LogP contribution in [-0.2, 0) is 11.3 Å². The Morgan fingerprint density at radius 1 is 1.29 bits per heavy atom. The van der Waals surface area contributed by atoms with Crippen LogP contribution in [0.1, 0.15) is 37.7 Å². The van der Waals surface area contributed by atoms with Gasteiger partial charge in [-0.2, -0.15) is 0 Å². The molecule has 4 nitrogen and oxygen atoms in total. The van der Waals surface area contributed by atoms with Gasteiger partial charge in [-0.1, -0.05) is 37.5 Å². The number of carbonyl (C=O) groups is 1. The van der Waals surface area contributed by atoms with Crippen LogP contribution in [0.4, 0.5) is 0 Å². The van der Waals surface area contributed by atoms with E-state index >= 15 is 0 Å². The van der Waals surface area contributed by atoms with Crippen LogP contribution in [0.5, 0.6) is 5.75 Å². The minimum Gasteiger partial charge on any atom is -0.496 e. The Kier molecular flexibility index (Phi) is 5.23. The van der Waals surface area contributed by atoms with Crippen molar-refractivity contribution in [1.29, 1.82) is 0 Å². The van der Waals surface area contributed by atoms with Gasteiger partial charge in [-0.15, -0.1) is 0 Å². The second-order valence-corrected chi connectivity index (χ2v) is 6.02. The molecular weight excluding hydrogens is 264 g/mol. The van der Waals surface area contributed by atoms with Gasteiger partial charge in [0, 0.05) is 25.7 Å². The fraction of sp³-hybridized carbons (Fsp3) is 0.588. The van der Waals surface area contributed by atoms with E-state index in [1.807, 2.05) is 31.3 Å². The van der Waals surface area contributed by atoms with Crippen molar-refractivity contribution in [1.82, 2.24) is 4.90 Å². The number of nitrogens with two attached hydrogens (primary N) is 1. The van der Waals surface area contributed by atoms with Gasteiger partial charge in [0.25, 0.3) is 0 Å². The Morgan fingerprint density at radius 3 is 2.57 bits per heavy atom. The molecule has 116 valence electrons. The maximum atomic E-state index is 12.9. The monoisotopic (exact) mass is 290 g/mol. The topological polar surface area (TPSA) is 55.6 Å². The van der Waals surface area contributed by atoms with Crippen LogP contribution in [0.15, 0.2) is 24.3 Å². The summed E-state index contributed by atoms with van der Waals surface area (Å²) in [5.74, 6) is 0.998. The fourth-order valence-electron chi connectivity index (χ4n) is 3.30. The lowest BCUT2D eigenvalue weighted by Gasteiger charge is -2.37. The van der Waals surface area contributed by atoms with E-state index in [9.17, 15) is 4.79 Å². The van der Waals surface area contributed by atoms with Crippen LogP contribution in [0.2, 0.25) is 0 Å². The maximum absolute atomic E-state index is 12.9. The highest BCUT2D eigenvalue weighted by atomic mass is 16.5. The van der Waals surface area contributed by atoms with E-state index < -0.39 is 0 Å². The highest BCUT2D eigenvalue weighted by Crippen LogP contribution is 2.37. The summed E-state index contributed by atoms with van der Waals surface area (Å²) in [5, 5.41) is 0. The van der Waals surface area contributed by atoms with Crippen LogP contribution < -0.4 is 10.5 Å². The van der Waals surface area contributed by atoms with Crippen molar-refractivity contribution in [3.63, 3.8) is 0 Å². The van der Waals surface area contributed by atoms with E-state index in [2.05, 4.69) is 0 Å².